The number of hydrogen-bond acceptors (Lipinski definition) is 5. The molecular weight excluding hydrogens is 312 g/mol. The summed E-state index contributed by atoms with van der Waals surface area (Å²) in [7, 11) is 0. The number of hydrogen-bond donors (Lipinski definition) is 0. The van der Waals surface area contributed by atoms with Gasteiger partial charge in [0.1, 0.15) is 10.8 Å². The molecule has 1 aromatic carbocycles. The Balaban J connectivity index is 1.39. The monoisotopic (exact) mass is 328 g/mol. The summed E-state index contributed by atoms with van der Waals surface area (Å²) in [4.78, 5) is 4.71. The van der Waals surface area contributed by atoms with Gasteiger partial charge in [0, 0.05) is 12.0 Å². The maximum atomic E-state index is 4.71. The highest BCUT2D eigenvalue weighted by Gasteiger charge is 2.36. The lowest BCUT2D eigenvalue weighted by atomic mass is 10.3. The Morgan fingerprint density at radius 2 is 2.00 bits per heavy atom. The zero-order valence-electron chi connectivity index (χ0n) is 12.1. The second kappa shape index (κ2) is 5.06. The summed E-state index contributed by atoms with van der Waals surface area (Å²) in [6.45, 7) is 0. The smallest absolute Gasteiger partial charge is 0.191 e. The third-order valence-corrected chi connectivity index (χ3v) is 6.38. The van der Waals surface area contributed by atoms with Crippen LogP contribution in [-0.4, -0.2) is 19.7 Å². The first-order chi connectivity index (χ1) is 10.9. The van der Waals surface area contributed by atoms with Crippen LogP contribution in [0.2, 0.25) is 0 Å². The van der Waals surface area contributed by atoms with Gasteiger partial charge < -0.3 is 4.57 Å². The van der Waals surface area contributed by atoms with E-state index in [9.17, 15) is 0 Å². The molecule has 2 aliphatic rings. The zero-order valence-corrected chi connectivity index (χ0v) is 13.7. The van der Waals surface area contributed by atoms with Crippen molar-refractivity contribution in [2.75, 3.05) is 0 Å². The lowest BCUT2D eigenvalue weighted by Gasteiger charge is -2.07. The number of rotatable bonds is 5. The van der Waals surface area contributed by atoms with Gasteiger partial charge in [-0.1, -0.05) is 23.9 Å². The largest absolute Gasteiger partial charge is 0.303 e. The van der Waals surface area contributed by atoms with Gasteiger partial charge in [0.15, 0.2) is 5.16 Å². The lowest BCUT2D eigenvalue weighted by Crippen LogP contribution is -2.01. The van der Waals surface area contributed by atoms with Gasteiger partial charge in [-0.25, -0.2) is 4.98 Å². The average Bonchev–Trinajstić information content (AvgIpc) is 3.46. The van der Waals surface area contributed by atoms with E-state index < -0.39 is 0 Å². The summed E-state index contributed by atoms with van der Waals surface area (Å²) in [6, 6.07) is 8.99. The Bertz CT molecular complexity index is 797. The first-order valence-electron chi connectivity index (χ1n) is 7.80. The third kappa shape index (κ3) is 2.34. The molecule has 0 bridgehead atoms. The van der Waals surface area contributed by atoms with Gasteiger partial charge in [-0.05, 0) is 37.8 Å². The predicted molar refractivity (Wildman–Crippen MR) is 89.4 cm³/mol. The molecule has 4 nitrogen and oxygen atoms in total. The molecule has 0 radical (unpaired) electrons. The predicted octanol–water partition coefficient (Wildman–Crippen LogP) is 4.39. The maximum absolute atomic E-state index is 4.71. The van der Waals surface area contributed by atoms with E-state index in [2.05, 4.69) is 33.0 Å². The normalized spacial score (nSPS) is 18.2. The van der Waals surface area contributed by atoms with Gasteiger partial charge in [0.25, 0.3) is 0 Å². The van der Waals surface area contributed by atoms with Crippen LogP contribution in [0.15, 0.2) is 29.4 Å². The van der Waals surface area contributed by atoms with Crippen molar-refractivity contribution in [3.8, 4) is 0 Å². The fraction of sp³-hybridized carbons (Fsp3) is 0.438. The molecular formula is C16H16N4S2. The molecule has 0 amide bonds. The molecule has 3 aromatic rings. The number of nitrogens with zero attached hydrogens (tertiary/aromatic N) is 4. The van der Waals surface area contributed by atoms with Crippen LogP contribution in [0.25, 0.3) is 10.2 Å². The van der Waals surface area contributed by atoms with Crippen LogP contribution >= 0.6 is 23.1 Å². The standard InChI is InChI=1S/C16H16N4S2/c1-2-4-13-12(3-1)17-14(22-13)9-21-16-19-18-15(10-5-6-10)20(16)11-7-8-11/h1-4,10-11H,5-9H2. The number of para-hydroxylation sites is 1. The highest BCUT2D eigenvalue weighted by Crippen LogP contribution is 2.46. The van der Waals surface area contributed by atoms with Crippen LogP contribution in [0.5, 0.6) is 0 Å². The molecule has 2 saturated carbocycles. The molecule has 0 aliphatic heterocycles. The van der Waals surface area contributed by atoms with E-state index in [1.54, 1.807) is 23.1 Å². The maximum Gasteiger partial charge on any atom is 0.191 e. The number of fused-ring (bicyclic) bond motifs is 1. The molecule has 22 heavy (non-hydrogen) atoms. The summed E-state index contributed by atoms with van der Waals surface area (Å²) in [5.74, 6) is 2.79. The zero-order chi connectivity index (χ0) is 14.5. The molecule has 0 spiro atoms. The Kier molecular flexibility index (Phi) is 3.01. The Morgan fingerprint density at radius 1 is 1.14 bits per heavy atom. The van der Waals surface area contributed by atoms with Crippen molar-refractivity contribution < 1.29 is 0 Å². The van der Waals surface area contributed by atoms with Crippen LogP contribution < -0.4 is 0 Å². The van der Waals surface area contributed by atoms with Gasteiger partial charge in [0.2, 0.25) is 0 Å². The Labute approximate surface area is 137 Å². The number of thioether (sulfide) groups is 1. The van der Waals surface area contributed by atoms with Gasteiger partial charge in [-0.3, -0.25) is 0 Å². The quantitative estimate of drug-likeness (QED) is 0.651. The van der Waals surface area contributed by atoms with Crippen molar-refractivity contribution >= 4 is 33.3 Å². The van der Waals surface area contributed by atoms with Crippen LogP contribution in [0, 0.1) is 0 Å². The molecule has 0 saturated heterocycles. The van der Waals surface area contributed by atoms with Crippen molar-refractivity contribution in [1.82, 2.24) is 19.7 Å². The minimum Gasteiger partial charge on any atom is -0.303 e. The Hall–Kier alpha value is -1.40. The van der Waals surface area contributed by atoms with Crippen molar-refractivity contribution in [2.24, 2.45) is 0 Å². The van der Waals surface area contributed by atoms with E-state index in [0.717, 1.165) is 16.4 Å². The van der Waals surface area contributed by atoms with E-state index in [4.69, 9.17) is 4.98 Å². The molecule has 0 atom stereocenters. The van der Waals surface area contributed by atoms with Gasteiger partial charge >= 0.3 is 0 Å². The SMILES string of the molecule is c1ccc2sc(CSc3nnc(C4CC4)n3C3CC3)nc2c1. The van der Waals surface area contributed by atoms with Gasteiger partial charge in [-0.15, -0.1) is 21.5 Å². The van der Waals surface area contributed by atoms with Gasteiger partial charge in [-0.2, -0.15) is 0 Å². The third-order valence-electron chi connectivity index (χ3n) is 4.21. The second-order valence-corrected chi connectivity index (χ2v) is 8.14. The summed E-state index contributed by atoms with van der Waals surface area (Å²) in [6.07, 6.45) is 5.14. The summed E-state index contributed by atoms with van der Waals surface area (Å²) in [5, 5.41) is 11.2. The van der Waals surface area contributed by atoms with E-state index in [1.165, 1.54) is 41.2 Å². The minimum atomic E-state index is 0.656. The van der Waals surface area contributed by atoms with Crippen molar-refractivity contribution in [2.45, 2.75) is 48.6 Å². The van der Waals surface area contributed by atoms with Crippen LogP contribution in [0.4, 0.5) is 0 Å². The molecule has 6 heteroatoms. The fourth-order valence-corrected chi connectivity index (χ4v) is 4.76. The molecule has 2 heterocycles. The molecule has 2 aliphatic carbocycles. The summed E-state index contributed by atoms with van der Waals surface area (Å²) < 4.78 is 3.68. The van der Waals surface area contributed by atoms with E-state index in [0.29, 0.717) is 12.0 Å². The van der Waals surface area contributed by atoms with E-state index in [1.807, 2.05) is 6.07 Å². The van der Waals surface area contributed by atoms with Crippen molar-refractivity contribution in [3.05, 3.63) is 35.1 Å². The number of thiazole rings is 1. The van der Waals surface area contributed by atoms with Gasteiger partial charge in [0.05, 0.1) is 16.0 Å². The van der Waals surface area contributed by atoms with Crippen LogP contribution in [-0.2, 0) is 5.75 Å². The van der Waals surface area contributed by atoms with Crippen molar-refractivity contribution in [1.29, 1.82) is 0 Å². The average molecular weight is 328 g/mol. The highest BCUT2D eigenvalue weighted by atomic mass is 32.2. The fourth-order valence-electron chi connectivity index (χ4n) is 2.79. The highest BCUT2D eigenvalue weighted by molar-refractivity contribution is 7.98. The van der Waals surface area contributed by atoms with Crippen molar-refractivity contribution in [3.63, 3.8) is 0 Å². The number of aromatic nitrogens is 4. The first-order valence-corrected chi connectivity index (χ1v) is 9.61. The molecule has 0 N–H and O–H groups in total. The van der Waals surface area contributed by atoms with Crippen LogP contribution in [0.1, 0.15) is 48.5 Å². The van der Waals surface area contributed by atoms with E-state index in [-0.39, 0.29) is 0 Å². The number of benzene rings is 1. The molecule has 0 unspecified atom stereocenters. The second-order valence-electron chi connectivity index (χ2n) is 6.08. The topological polar surface area (TPSA) is 43.6 Å². The molecule has 2 fully saturated rings. The molecule has 5 rings (SSSR count). The first kappa shape index (κ1) is 13.1. The summed E-state index contributed by atoms with van der Waals surface area (Å²) >= 11 is 3.57. The van der Waals surface area contributed by atoms with E-state index >= 15 is 0 Å². The molecule has 112 valence electrons. The molecule has 2 aromatic heterocycles. The Morgan fingerprint density at radius 3 is 2.77 bits per heavy atom. The van der Waals surface area contributed by atoms with Crippen LogP contribution in [0.3, 0.4) is 0 Å². The lowest BCUT2D eigenvalue weighted by molar-refractivity contribution is 0.627. The minimum absolute atomic E-state index is 0.656. The summed E-state index contributed by atoms with van der Waals surface area (Å²) in [5.41, 5.74) is 1.10.